The van der Waals surface area contributed by atoms with E-state index in [1.54, 1.807) is 18.5 Å². The molecule has 0 bridgehead atoms. The minimum Gasteiger partial charge on any atom is -0.489 e. The van der Waals surface area contributed by atoms with Crippen molar-refractivity contribution in [3.05, 3.63) is 36.3 Å². The van der Waals surface area contributed by atoms with Gasteiger partial charge in [0.25, 0.3) is 0 Å². The van der Waals surface area contributed by atoms with Crippen molar-refractivity contribution in [2.75, 3.05) is 12.3 Å². The first-order valence-corrected chi connectivity index (χ1v) is 5.07. The molecule has 5 nitrogen and oxygen atoms in total. The zero-order valence-electron chi connectivity index (χ0n) is 9.13. The smallest absolute Gasteiger partial charge is 0.166 e. The summed E-state index contributed by atoms with van der Waals surface area (Å²) >= 11 is 0. The Kier molecular flexibility index (Phi) is 3.05. The molecule has 0 aromatic carbocycles. The number of ether oxygens (including phenoxy) is 1. The molecule has 0 spiro atoms. The fraction of sp³-hybridized carbons (Fsp3) is 0.273. The SMILES string of the molecule is Cn1nccc1CCOc1cccnc1N. The number of aromatic nitrogens is 3. The number of anilines is 1. The second kappa shape index (κ2) is 4.65. The van der Waals surface area contributed by atoms with Gasteiger partial charge < -0.3 is 10.5 Å². The van der Waals surface area contributed by atoms with Gasteiger partial charge in [-0.15, -0.1) is 0 Å². The van der Waals surface area contributed by atoms with Crippen molar-refractivity contribution in [1.82, 2.24) is 14.8 Å². The largest absolute Gasteiger partial charge is 0.489 e. The molecule has 84 valence electrons. The van der Waals surface area contributed by atoms with Crippen LogP contribution in [0.1, 0.15) is 5.69 Å². The molecule has 0 aliphatic rings. The summed E-state index contributed by atoms with van der Waals surface area (Å²) in [4.78, 5) is 3.95. The van der Waals surface area contributed by atoms with Gasteiger partial charge in [-0.1, -0.05) is 0 Å². The van der Waals surface area contributed by atoms with Crippen molar-refractivity contribution in [1.29, 1.82) is 0 Å². The summed E-state index contributed by atoms with van der Waals surface area (Å²) in [6, 6.07) is 5.58. The lowest BCUT2D eigenvalue weighted by molar-refractivity contribution is 0.319. The molecular formula is C11H14N4O. The summed E-state index contributed by atoms with van der Waals surface area (Å²) in [5, 5.41) is 4.08. The van der Waals surface area contributed by atoms with Crippen LogP contribution >= 0.6 is 0 Å². The molecule has 5 heteroatoms. The maximum absolute atomic E-state index is 5.66. The van der Waals surface area contributed by atoms with E-state index in [1.165, 1.54) is 0 Å². The maximum atomic E-state index is 5.66. The van der Waals surface area contributed by atoms with Gasteiger partial charge in [0.05, 0.1) is 6.61 Å². The number of nitrogen functional groups attached to an aromatic ring is 1. The van der Waals surface area contributed by atoms with E-state index >= 15 is 0 Å². The molecule has 0 radical (unpaired) electrons. The van der Waals surface area contributed by atoms with E-state index in [0.29, 0.717) is 18.2 Å². The molecule has 0 saturated heterocycles. The lowest BCUT2D eigenvalue weighted by Gasteiger charge is -2.07. The van der Waals surface area contributed by atoms with Crippen LogP contribution in [0.25, 0.3) is 0 Å². The number of hydrogen-bond donors (Lipinski definition) is 1. The Morgan fingerprint density at radius 3 is 2.94 bits per heavy atom. The van der Waals surface area contributed by atoms with Gasteiger partial charge in [0.2, 0.25) is 0 Å². The van der Waals surface area contributed by atoms with Gasteiger partial charge in [-0.3, -0.25) is 4.68 Å². The Hall–Kier alpha value is -2.04. The highest BCUT2D eigenvalue weighted by Crippen LogP contribution is 2.16. The van der Waals surface area contributed by atoms with Crippen molar-refractivity contribution in [2.24, 2.45) is 7.05 Å². The minimum atomic E-state index is 0.424. The lowest BCUT2D eigenvalue weighted by atomic mass is 10.3. The summed E-state index contributed by atoms with van der Waals surface area (Å²) in [5.41, 5.74) is 6.78. The summed E-state index contributed by atoms with van der Waals surface area (Å²) < 4.78 is 7.37. The first-order valence-electron chi connectivity index (χ1n) is 5.07. The van der Waals surface area contributed by atoms with Crippen molar-refractivity contribution >= 4 is 5.82 Å². The fourth-order valence-electron chi connectivity index (χ4n) is 1.44. The Morgan fingerprint density at radius 1 is 1.38 bits per heavy atom. The monoisotopic (exact) mass is 218 g/mol. The number of nitrogens with zero attached hydrogens (tertiary/aromatic N) is 3. The summed E-state index contributed by atoms with van der Waals surface area (Å²) in [7, 11) is 1.91. The molecular weight excluding hydrogens is 204 g/mol. The number of nitrogens with two attached hydrogens (primary N) is 1. The van der Waals surface area contributed by atoms with Crippen molar-refractivity contribution in [3.8, 4) is 5.75 Å². The molecule has 0 saturated carbocycles. The molecule has 2 aromatic heterocycles. The van der Waals surface area contributed by atoms with E-state index in [0.717, 1.165) is 12.1 Å². The summed E-state index contributed by atoms with van der Waals surface area (Å²) in [6.45, 7) is 0.565. The van der Waals surface area contributed by atoms with Crippen LogP contribution in [0.2, 0.25) is 0 Å². The number of hydrogen-bond acceptors (Lipinski definition) is 4. The Morgan fingerprint density at radius 2 is 2.25 bits per heavy atom. The molecule has 2 rings (SSSR count). The Labute approximate surface area is 93.9 Å². The van der Waals surface area contributed by atoms with Crippen molar-refractivity contribution < 1.29 is 4.74 Å². The van der Waals surface area contributed by atoms with Crippen molar-refractivity contribution in [2.45, 2.75) is 6.42 Å². The highest BCUT2D eigenvalue weighted by molar-refractivity contribution is 5.44. The van der Waals surface area contributed by atoms with Crippen LogP contribution in [-0.2, 0) is 13.5 Å². The van der Waals surface area contributed by atoms with Gasteiger partial charge in [0.1, 0.15) is 0 Å². The van der Waals surface area contributed by atoms with Gasteiger partial charge in [-0.05, 0) is 18.2 Å². The molecule has 2 N–H and O–H groups in total. The van der Waals surface area contributed by atoms with Gasteiger partial charge in [-0.2, -0.15) is 5.10 Å². The highest BCUT2D eigenvalue weighted by Gasteiger charge is 2.02. The molecule has 0 unspecified atom stereocenters. The van der Waals surface area contributed by atoms with Crippen LogP contribution in [0.3, 0.4) is 0 Å². The zero-order valence-corrected chi connectivity index (χ0v) is 9.13. The maximum Gasteiger partial charge on any atom is 0.166 e. The van der Waals surface area contributed by atoms with Gasteiger partial charge in [0.15, 0.2) is 11.6 Å². The second-order valence-corrected chi connectivity index (χ2v) is 3.43. The van der Waals surface area contributed by atoms with E-state index < -0.39 is 0 Å². The predicted octanol–water partition coefficient (Wildman–Crippen LogP) is 1.02. The molecule has 0 aliphatic heterocycles. The van der Waals surface area contributed by atoms with Crippen LogP contribution in [0, 0.1) is 0 Å². The molecule has 0 fully saturated rings. The molecule has 0 atom stereocenters. The first-order chi connectivity index (χ1) is 7.77. The number of pyridine rings is 1. The third-order valence-corrected chi connectivity index (χ3v) is 2.34. The van der Waals surface area contributed by atoms with Crippen LogP contribution in [0.15, 0.2) is 30.6 Å². The molecule has 0 aliphatic carbocycles. The third-order valence-electron chi connectivity index (χ3n) is 2.34. The van der Waals surface area contributed by atoms with Crippen molar-refractivity contribution in [3.63, 3.8) is 0 Å². The minimum absolute atomic E-state index is 0.424. The van der Waals surface area contributed by atoms with Crippen LogP contribution in [0.4, 0.5) is 5.82 Å². The average molecular weight is 218 g/mol. The number of rotatable bonds is 4. The standard InChI is InChI=1S/C11H14N4O/c1-15-9(4-7-14-15)5-8-16-10-3-2-6-13-11(10)12/h2-4,6-7H,5,8H2,1H3,(H2,12,13). The van der Waals surface area contributed by atoms with Gasteiger partial charge in [0, 0.05) is 31.6 Å². The third kappa shape index (κ3) is 2.31. The fourth-order valence-corrected chi connectivity index (χ4v) is 1.44. The van der Waals surface area contributed by atoms with Gasteiger partial charge >= 0.3 is 0 Å². The molecule has 2 heterocycles. The molecule has 0 amide bonds. The van der Waals surface area contributed by atoms with Crippen LogP contribution in [0.5, 0.6) is 5.75 Å². The van der Waals surface area contributed by atoms with E-state index in [4.69, 9.17) is 10.5 Å². The molecule has 16 heavy (non-hydrogen) atoms. The van der Waals surface area contributed by atoms with Crippen LogP contribution < -0.4 is 10.5 Å². The number of aryl methyl sites for hydroxylation is 1. The van der Waals surface area contributed by atoms with E-state index in [-0.39, 0.29) is 0 Å². The van der Waals surface area contributed by atoms with Gasteiger partial charge in [-0.25, -0.2) is 4.98 Å². The quantitative estimate of drug-likeness (QED) is 0.832. The zero-order chi connectivity index (χ0) is 11.4. The Bertz CT molecular complexity index is 467. The first kappa shape index (κ1) is 10.5. The highest BCUT2D eigenvalue weighted by atomic mass is 16.5. The normalized spacial score (nSPS) is 10.3. The predicted molar refractivity (Wildman–Crippen MR) is 61.1 cm³/mol. The summed E-state index contributed by atoms with van der Waals surface area (Å²) in [6.07, 6.45) is 4.21. The van der Waals surface area contributed by atoms with E-state index in [9.17, 15) is 0 Å². The van der Waals surface area contributed by atoms with E-state index in [1.807, 2.05) is 23.9 Å². The summed E-state index contributed by atoms with van der Waals surface area (Å²) in [5.74, 6) is 1.05. The average Bonchev–Trinajstić information content (AvgIpc) is 2.67. The topological polar surface area (TPSA) is 66.0 Å². The second-order valence-electron chi connectivity index (χ2n) is 3.43. The molecule has 2 aromatic rings. The van der Waals surface area contributed by atoms with Crippen LogP contribution in [-0.4, -0.2) is 21.4 Å². The lowest BCUT2D eigenvalue weighted by Crippen LogP contribution is -2.07. The Balaban J connectivity index is 1.89. The van der Waals surface area contributed by atoms with E-state index in [2.05, 4.69) is 10.1 Å².